The zero-order valence-corrected chi connectivity index (χ0v) is 28.3. The van der Waals surface area contributed by atoms with E-state index >= 15 is 0 Å². The maximum Gasteiger partial charge on any atom is 0.124 e. The van der Waals surface area contributed by atoms with Gasteiger partial charge in [0.05, 0.1) is 78.3 Å². The molecule has 0 amide bonds. The molecule has 44 heavy (non-hydrogen) atoms. The third-order valence-electron chi connectivity index (χ3n) is 8.76. The first-order valence-corrected chi connectivity index (χ1v) is 16.3. The van der Waals surface area contributed by atoms with E-state index in [4.69, 9.17) is 28.4 Å². The van der Waals surface area contributed by atoms with Crippen LogP contribution in [0.3, 0.4) is 0 Å². The van der Waals surface area contributed by atoms with Crippen molar-refractivity contribution in [2.45, 2.75) is 63.9 Å². The standard InChI is InChI=1S/C32H61N3O9/c1-27(2)16-39-21-30(36,22-40-17-27)13-33-7-8-34(14-31(37)23-41-18-28(3,4)19-42-24-31)10-12-35(11-9-33)15-32(38)25-43-20-29(5,6)44-26-32/h36-38H,7-26H2,1-6H3. The zero-order valence-electron chi connectivity index (χ0n) is 28.3. The lowest BCUT2D eigenvalue weighted by Crippen LogP contribution is -2.55. The van der Waals surface area contributed by atoms with Crippen molar-refractivity contribution in [2.24, 2.45) is 10.8 Å². The van der Waals surface area contributed by atoms with Crippen LogP contribution in [0.1, 0.15) is 41.5 Å². The van der Waals surface area contributed by atoms with Gasteiger partial charge in [0.1, 0.15) is 16.8 Å². The van der Waals surface area contributed by atoms with E-state index in [9.17, 15) is 15.3 Å². The molecule has 4 aliphatic rings. The summed E-state index contributed by atoms with van der Waals surface area (Å²) in [5.41, 5.74) is -4.07. The maximum absolute atomic E-state index is 11.6. The summed E-state index contributed by atoms with van der Waals surface area (Å²) < 4.78 is 35.7. The molecule has 258 valence electrons. The average Bonchev–Trinajstić information content (AvgIpc) is 2.96. The Morgan fingerprint density at radius 2 is 0.682 bits per heavy atom. The number of hydrogen-bond donors (Lipinski definition) is 3. The van der Waals surface area contributed by atoms with Gasteiger partial charge < -0.3 is 43.7 Å². The SMILES string of the molecule is CC1(C)COCC(O)(CN2CCN(CC3(O)COCC(C)(C)COC3)CCN(CC3(O)COCC(C)(C)OC3)CC2)COC1. The predicted molar refractivity (Wildman–Crippen MR) is 166 cm³/mol. The van der Waals surface area contributed by atoms with E-state index in [2.05, 4.69) is 42.4 Å². The molecule has 3 N–H and O–H groups in total. The molecule has 4 rings (SSSR count). The van der Waals surface area contributed by atoms with Crippen LogP contribution in [0.2, 0.25) is 0 Å². The van der Waals surface area contributed by atoms with Crippen molar-refractivity contribution in [3.8, 4) is 0 Å². The normalized spacial score (nSPS) is 32.9. The van der Waals surface area contributed by atoms with Gasteiger partial charge in [0.25, 0.3) is 0 Å². The predicted octanol–water partition coefficient (Wildman–Crippen LogP) is 0.0707. The van der Waals surface area contributed by atoms with Crippen molar-refractivity contribution >= 4 is 0 Å². The lowest BCUT2D eigenvalue weighted by atomic mass is 9.95. The Morgan fingerprint density at radius 1 is 0.409 bits per heavy atom. The van der Waals surface area contributed by atoms with E-state index in [1.807, 2.05) is 13.8 Å². The molecular weight excluding hydrogens is 570 g/mol. The van der Waals surface area contributed by atoms with E-state index in [1.54, 1.807) is 0 Å². The Morgan fingerprint density at radius 3 is 1.00 bits per heavy atom. The number of rotatable bonds is 6. The number of β-amino-alcohol motifs (C(OH)–C–C–N with tert-alkyl or cyclic N) is 3. The average molecular weight is 632 g/mol. The molecule has 0 saturated carbocycles. The molecule has 4 saturated heterocycles. The van der Waals surface area contributed by atoms with Crippen LogP contribution in [-0.2, 0) is 28.4 Å². The summed E-state index contributed by atoms with van der Waals surface area (Å²) >= 11 is 0. The van der Waals surface area contributed by atoms with E-state index in [0.29, 0.717) is 91.9 Å². The Labute approximate surface area is 264 Å². The summed E-state index contributed by atoms with van der Waals surface area (Å²) in [5, 5.41) is 34.7. The van der Waals surface area contributed by atoms with Crippen molar-refractivity contribution in [1.29, 1.82) is 0 Å². The van der Waals surface area contributed by atoms with E-state index < -0.39 is 22.4 Å². The Kier molecular flexibility index (Phi) is 12.2. The van der Waals surface area contributed by atoms with Gasteiger partial charge in [-0.3, -0.25) is 14.7 Å². The molecule has 1 atom stereocenters. The third kappa shape index (κ3) is 11.6. The van der Waals surface area contributed by atoms with Gasteiger partial charge in [-0.1, -0.05) is 27.7 Å². The third-order valence-corrected chi connectivity index (χ3v) is 8.76. The molecule has 0 spiro atoms. The van der Waals surface area contributed by atoms with E-state index in [-0.39, 0.29) is 50.5 Å². The fraction of sp³-hybridized carbons (Fsp3) is 1.00. The van der Waals surface area contributed by atoms with Crippen LogP contribution in [0.15, 0.2) is 0 Å². The molecule has 4 fully saturated rings. The first-order chi connectivity index (χ1) is 20.5. The second kappa shape index (κ2) is 14.7. The van der Waals surface area contributed by atoms with Crippen LogP contribution in [0.4, 0.5) is 0 Å². The molecular formula is C32H61N3O9. The minimum Gasteiger partial charge on any atom is -0.384 e. The lowest BCUT2D eigenvalue weighted by molar-refractivity contribution is -0.156. The molecule has 12 heteroatoms. The lowest BCUT2D eigenvalue weighted by Gasteiger charge is -2.39. The van der Waals surface area contributed by atoms with Crippen LogP contribution in [-0.4, -0.2) is 184 Å². The van der Waals surface area contributed by atoms with Gasteiger partial charge in [-0.25, -0.2) is 0 Å². The van der Waals surface area contributed by atoms with Crippen molar-refractivity contribution in [3.63, 3.8) is 0 Å². The van der Waals surface area contributed by atoms with Gasteiger partial charge in [0, 0.05) is 69.7 Å². The van der Waals surface area contributed by atoms with Crippen molar-refractivity contribution in [2.75, 3.05) is 132 Å². The highest BCUT2D eigenvalue weighted by Gasteiger charge is 2.40. The van der Waals surface area contributed by atoms with Gasteiger partial charge in [0.2, 0.25) is 0 Å². The second-order valence-electron chi connectivity index (χ2n) is 16.3. The van der Waals surface area contributed by atoms with Crippen molar-refractivity contribution in [3.05, 3.63) is 0 Å². The number of nitrogens with zero attached hydrogens (tertiary/aromatic N) is 3. The summed E-state index contributed by atoms with van der Waals surface area (Å²) in [5.74, 6) is 0. The van der Waals surface area contributed by atoms with Gasteiger partial charge in [0.15, 0.2) is 0 Å². The molecule has 1 unspecified atom stereocenters. The fourth-order valence-electron chi connectivity index (χ4n) is 6.32. The molecule has 4 heterocycles. The molecule has 4 aliphatic heterocycles. The first kappa shape index (κ1) is 36.4. The highest BCUT2D eigenvalue weighted by atomic mass is 16.6. The summed E-state index contributed by atoms with van der Waals surface area (Å²) in [4.78, 5) is 6.73. The zero-order chi connectivity index (χ0) is 32.1. The summed E-state index contributed by atoms with van der Waals surface area (Å²) in [7, 11) is 0. The quantitative estimate of drug-likeness (QED) is 0.368. The topological polar surface area (TPSA) is 126 Å². The molecule has 0 aromatic carbocycles. The molecule has 0 bridgehead atoms. The largest absolute Gasteiger partial charge is 0.384 e. The molecule has 12 nitrogen and oxygen atoms in total. The Hall–Kier alpha value is -0.480. The fourth-order valence-corrected chi connectivity index (χ4v) is 6.32. The minimum absolute atomic E-state index is 0.0951. The summed E-state index contributed by atoms with van der Waals surface area (Å²) in [6, 6.07) is 0. The molecule has 0 radical (unpaired) electrons. The van der Waals surface area contributed by atoms with E-state index in [0.717, 1.165) is 0 Å². The van der Waals surface area contributed by atoms with Gasteiger partial charge >= 0.3 is 0 Å². The smallest absolute Gasteiger partial charge is 0.124 e. The second-order valence-corrected chi connectivity index (χ2v) is 16.3. The molecule has 0 aliphatic carbocycles. The van der Waals surface area contributed by atoms with Gasteiger partial charge in [-0.2, -0.15) is 0 Å². The van der Waals surface area contributed by atoms with Gasteiger partial charge in [-0.05, 0) is 13.8 Å². The number of ether oxygens (including phenoxy) is 6. The van der Waals surface area contributed by atoms with Crippen LogP contribution >= 0.6 is 0 Å². The van der Waals surface area contributed by atoms with Crippen molar-refractivity contribution in [1.82, 2.24) is 14.7 Å². The molecule has 0 aromatic heterocycles. The van der Waals surface area contributed by atoms with Crippen LogP contribution in [0.5, 0.6) is 0 Å². The number of hydrogen-bond acceptors (Lipinski definition) is 12. The van der Waals surface area contributed by atoms with Crippen LogP contribution in [0.25, 0.3) is 0 Å². The van der Waals surface area contributed by atoms with Crippen molar-refractivity contribution < 1.29 is 43.7 Å². The summed E-state index contributed by atoms with van der Waals surface area (Å²) in [6.45, 7) is 21.4. The minimum atomic E-state index is -1.14. The van der Waals surface area contributed by atoms with E-state index in [1.165, 1.54) is 0 Å². The Balaban J connectivity index is 1.46. The van der Waals surface area contributed by atoms with Crippen LogP contribution in [0, 0.1) is 10.8 Å². The maximum atomic E-state index is 11.6. The first-order valence-electron chi connectivity index (χ1n) is 16.3. The summed E-state index contributed by atoms with van der Waals surface area (Å²) in [6.07, 6.45) is 0. The Bertz CT molecular complexity index is 828. The van der Waals surface area contributed by atoms with Crippen LogP contribution < -0.4 is 0 Å². The van der Waals surface area contributed by atoms with Gasteiger partial charge in [-0.15, -0.1) is 0 Å². The highest BCUT2D eigenvalue weighted by molar-refractivity contribution is 4.91. The number of aliphatic hydroxyl groups is 3. The highest BCUT2D eigenvalue weighted by Crippen LogP contribution is 2.25. The molecule has 0 aromatic rings. The monoisotopic (exact) mass is 631 g/mol.